The third kappa shape index (κ3) is 11.0. The number of ether oxygens (including phenoxy) is 1. The van der Waals surface area contributed by atoms with E-state index in [1.165, 1.54) is 69.4 Å². The van der Waals surface area contributed by atoms with Crippen LogP contribution in [0.4, 0.5) is 0 Å². The first-order valence-electron chi connectivity index (χ1n) is 11.5. The first-order valence-corrected chi connectivity index (χ1v) is 12.9. The molecule has 1 unspecified atom stereocenters. The molecule has 1 aromatic carbocycles. The second-order valence-corrected chi connectivity index (χ2v) is 10.1. The summed E-state index contributed by atoms with van der Waals surface area (Å²) in [5.41, 5.74) is 2.34. The minimum absolute atomic E-state index is 0. The smallest absolute Gasteiger partial charge is 0.745 e. The van der Waals surface area contributed by atoms with Gasteiger partial charge in [-0.05, 0) is 62.3 Å². The molecular weight excluding hydrogens is 407 g/mol. The summed E-state index contributed by atoms with van der Waals surface area (Å²) in [4.78, 5) is -1.73. The van der Waals surface area contributed by atoms with E-state index in [1.54, 1.807) is 6.92 Å². The van der Waals surface area contributed by atoms with Crippen LogP contribution in [0.1, 0.15) is 109 Å². The number of aryl methyl sites for hydroxylation is 2. The van der Waals surface area contributed by atoms with E-state index in [9.17, 15) is 13.0 Å². The molecule has 0 aliphatic carbocycles. The molecule has 1 atom stereocenters. The summed E-state index contributed by atoms with van der Waals surface area (Å²) in [5, 5.41) is 0. The molecule has 6 heteroatoms. The molecule has 0 aliphatic rings. The molecule has 168 valence electrons. The van der Waals surface area contributed by atoms with Crippen LogP contribution >= 0.6 is 0 Å². The Morgan fingerprint density at radius 2 is 1.23 bits per heavy atom. The van der Waals surface area contributed by atoms with Gasteiger partial charge in [0.1, 0.15) is 15.9 Å². The van der Waals surface area contributed by atoms with Crippen LogP contribution < -0.4 is 34.3 Å². The molecule has 0 aliphatic heterocycles. The van der Waals surface area contributed by atoms with Crippen LogP contribution in [-0.2, 0) is 23.0 Å². The van der Waals surface area contributed by atoms with Gasteiger partial charge in [-0.15, -0.1) is 0 Å². The fraction of sp³-hybridized carbons (Fsp3) is 0.750. The first-order chi connectivity index (χ1) is 13.8. The average Bonchev–Trinajstić information content (AvgIpc) is 2.66. The second-order valence-electron chi connectivity index (χ2n) is 8.36. The van der Waals surface area contributed by atoms with E-state index in [0.29, 0.717) is 5.75 Å². The van der Waals surface area contributed by atoms with Crippen molar-refractivity contribution in [3.8, 4) is 5.75 Å². The molecule has 0 aromatic heterocycles. The van der Waals surface area contributed by atoms with Crippen LogP contribution in [0, 0.1) is 0 Å². The van der Waals surface area contributed by atoms with Crippen molar-refractivity contribution in [3.05, 3.63) is 29.3 Å². The van der Waals surface area contributed by atoms with Crippen molar-refractivity contribution in [2.45, 2.75) is 116 Å². The zero-order valence-corrected chi connectivity index (χ0v) is 22.8. The molecule has 0 heterocycles. The molecule has 0 saturated heterocycles. The van der Waals surface area contributed by atoms with Gasteiger partial charge in [0.15, 0.2) is 4.93 Å². The van der Waals surface area contributed by atoms with E-state index in [1.807, 2.05) is 12.1 Å². The van der Waals surface area contributed by atoms with Crippen LogP contribution in [0.3, 0.4) is 0 Å². The van der Waals surface area contributed by atoms with Crippen molar-refractivity contribution in [3.63, 3.8) is 0 Å². The average molecular weight is 449 g/mol. The largest absolute Gasteiger partial charge is 1.00 e. The van der Waals surface area contributed by atoms with Gasteiger partial charge in [0, 0.05) is 0 Å². The Balaban J connectivity index is 0.00000841. The number of rotatable bonds is 16. The molecule has 0 radical (unpaired) electrons. The van der Waals surface area contributed by atoms with E-state index < -0.39 is 15.1 Å². The predicted octanol–water partition coefficient (Wildman–Crippen LogP) is 3.77. The van der Waals surface area contributed by atoms with Gasteiger partial charge in [-0.2, -0.15) is 0 Å². The molecule has 0 N–H and O–H groups in total. The molecule has 0 amide bonds. The van der Waals surface area contributed by atoms with Gasteiger partial charge < -0.3 is 9.29 Å². The Bertz CT molecular complexity index is 658. The maximum absolute atomic E-state index is 11.7. The zero-order valence-electron chi connectivity index (χ0n) is 20.0. The van der Waals surface area contributed by atoms with Crippen LogP contribution in [0.15, 0.2) is 18.2 Å². The summed E-state index contributed by atoms with van der Waals surface area (Å²) >= 11 is 0. The van der Waals surface area contributed by atoms with E-state index in [4.69, 9.17) is 4.74 Å². The van der Waals surface area contributed by atoms with Gasteiger partial charge in [0.2, 0.25) is 0 Å². The Labute approximate surface area is 207 Å². The molecule has 1 rings (SSSR count). The van der Waals surface area contributed by atoms with Gasteiger partial charge in [-0.25, -0.2) is 8.42 Å². The summed E-state index contributed by atoms with van der Waals surface area (Å²) in [5.74, 6) is 0.503. The summed E-state index contributed by atoms with van der Waals surface area (Å²) in [6.45, 7) is 7.46. The minimum atomic E-state index is -4.57. The normalized spacial score (nSPS) is 13.5. The summed E-state index contributed by atoms with van der Waals surface area (Å²) in [6.07, 6.45) is 14.1. The van der Waals surface area contributed by atoms with Gasteiger partial charge in [-0.3, -0.25) is 0 Å². The fourth-order valence-electron chi connectivity index (χ4n) is 3.49. The molecule has 0 spiro atoms. The summed E-state index contributed by atoms with van der Waals surface area (Å²) in [7, 11) is -4.57. The molecule has 0 saturated carbocycles. The zero-order chi connectivity index (χ0) is 21.8. The SMILES string of the molecule is CCCCCCCc1cc(CCCCCCC)cc(OC(C)(CC)S(=O)(=O)[O-])c1.[Na+]. The summed E-state index contributed by atoms with van der Waals surface area (Å²) in [6, 6.07) is 6.06. The van der Waals surface area contributed by atoms with E-state index >= 15 is 0 Å². The Morgan fingerprint density at radius 1 is 0.800 bits per heavy atom. The number of hydrogen-bond acceptors (Lipinski definition) is 4. The van der Waals surface area contributed by atoms with Crippen molar-refractivity contribution >= 4 is 10.1 Å². The van der Waals surface area contributed by atoms with Gasteiger partial charge in [-0.1, -0.05) is 78.2 Å². The van der Waals surface area contributed by atoms with E-state index in [-0.39, 0.29) is 36.0 Å². The monoisotopic (exact) mass is 448 g/mol. The predicted molar refractivity (Wildman–Crippen MR) is 120 cm³/mol. The maximum Gasteiger partial charge on any atom is 1.00 e. The van der Waals surface area contributed by atoms with Crippen LogP contribution in [0.25, 0.3) is 0 Å². The van der Waals surface area contributed by atoms with Crippen molar-refractivity contribution in [2.24, 2.45) is 0 Å². The Hall–Kier alpha value is -0.0700. The molecule has 1 aromatic rings. The van der Waals surface area contributed by atoms with Crippen molar-refractivity contribution in [2.75, 3.05) is 0 Å². The Kier molecular flexibility index (Phi) is 15.6. The third-order valence-corrected chi connectivity index (χ3v) is 7.10. The van der Waals surface area contributed by atoms with Crippen molar-refractivity contribution < 1.29 is 47.3 Å². The molecule has 0 fully saturated rings. The van der Waals surface area contributed by atoms with E-state index in [0.717, 1.165) is 25.7 Å². The summed E-state index contributed by atoms with van der Waals surface area (Å²) < 4.78 is 41.0. The number of hydrogen-bond donors (Lipinski definition) is 0. The molecule has 30 heavy (non-hydrogen) atoms. The maximum atomic E-state index is 11.7. The van der Waals surface area contributed by atoms with Crippen LogP contribution in [0.2, 0.25) is 0 Å². The molecule has 0 bridgehead atoms. The first kappa shape index (κ1) is 29.9. The van der Waals surface area contributed by atoms with Gasteiger partial charge in [0.05, 0.1) is 0 Å². The van der Waals surface area contributed by atoms with Gasteiger partial charge in [0.25, 0.3) is 0 Å². The minimum Gasteiger partial charge on any atom is -0.745 e. The van der Waals surface area contributed by atoms with Gasteiger partial charge >= 0.3 is 29.6 Å². The molecule has 4 nitrogen and oxygen atoms in total. The topological polar surface area (TPSA) is 66.4 Å². The quantitative estimate of drug-likeness (QED) is 0.219. The number of unbranched alkanes of at least 4 members (excludes halogenated alkanes) is 8. The molecular formula is C24H41NaO4S. The van der Waals surface area contributed by atoms with Crippen LogP contribution in [0.5, 0.6) is 5.75 Å². The third-order valence-electron chi connectivity index (χ3n) is 5.67. The van der Waals surface area contributed by atoms with Crippen molar-refractivity contribution in [1.29, 1.82) is 0 Å². The van der Waals surface area contributed by atoms with Crippen LogP contribution in [-0.4, -0.2) is 17.9 Å². The number of benzene rings is 1. The Morgan fingerprint density at radius 3 is 1.60 bits per heavy atom. The second kappa shape index (κ2) is 15.7. The fourth-order valence-corrected chi connectivity index (χ4v) is 4.04. The standard InChI is InChI=1S/C24H42O4S.Na/c1-5-8-10-12-14-16-21-18-22(17-15-13-11-9-6-2)20-23(19-21)28-24(4,7-3)29(25,26)27;/h18-20H,5-17H2,1-4H3,(H,25,26,27);/q;+1/p-1. The van der Waals surface area contributed by atoms with Crippen molar-refractivity contribution in [1.82, 2.24) is 0 Å². The van der Waals surface area contributed by atoms with E-state index in [2.05, 4.69) is 19.9 Å².